The molecule has 0 aromatic rings. The lowest BCUT2D eigenvalue weighted by molar-refractivity contribution is -0.136. The van der Waals surface area contributed by atoms with Gasteiger partial charge in [0.2, 0.25) is 5.91 Å². The molecule has 0 aromatic carbocycles. The summed E-state index contributed by atoms with van der Waals surface area (Å²) in [6.07, 6.45) is 3.11. The second-order valence-corrected chi connectivity index (χ2v) is 4.84. The third-order valence-electron chi connectivity index (χ3n) is 3.57. The highest BCUT2D eigenvalue weighted by Crippen LogP contribution is 2.26. The Kier molecular flexibility index (Phi) is 7.40. The first kappa shape index (κ1) is 17.0. The number of amides is 1. The van der Waals surface area contributed by atoms with Gasteiger partial charge in [-0.25, -0.2) is 0 Å². The van der Waals surface area contributed by atoms with E-state index in [9.17, 15) is 4.79 Å². The van der Waals surface area contributed by atoms with Gasteiger partial charge in [-0.3, -0.25) is 4.79 Å². The first-order chi connectivity index (χ1) is 7.18. The number of nitrogens with zero attached hydrogens (tertiary/aromatic N) is 1. The first-order valence-corrected chi connectivity index (χ1v) is 5.96. The maximum atomic E-state index is 12.2. The molecule has 0 radical (unpaired) electrons. The minimum absolute atomic E-state index is 0. The standard InChI is InChI=1S/C11H21N3O.2ClH/c1-8-7-14(6-5-13-8)11(15)9-3-2-4-10(9)12;;/h8-10,13H,2-7,12H2,1H3;2*1H. The minimum atomic E-state index is 0. The number of piperazine rings is 1. The molecule has 3 atom stereocenters. The molecule has 1 aliphatic heterocycles. The predicted octanol–water partition coefficient (Wildman–Crippen LogP) is 0.778. The van der Waals surface area contributed by atoms with Gasteiger partial charge in [-0.05, 0) is 19.8 Å². The van der Waals surface area contributed by atoms with E-state index in [0.717, 1.165) is 38.9 Å². The molecule has 0 bridgehead atoms. The lowest BCUT2D eigenvalue weighted by Gasteiger charge is -2.34. The van der Waals surface area contributed by atoms with Crippen LogP contribution in [0.3, 0.4) is 0 Å². The van der Waals surface area contributed by atoms with E-state index < -0.39 is 0 Å². The van der Waals surface area contributed by atoms with Crippen molar-refractivity contribution in [3.63, 3.8) is 0 Å². The number of hydrogen-bond donors (Lipinski definition) is 2. The van der Waals surface area contributed by atoms with Gasteiger partial charge in [0.25, 0.3) is 0 Å². The third-order valence-corrected chi connectivity index (χ3v) is 3.57. The van der Waals surface area contributed by atoms with Crippen molar-refractivity contribution in [2.45, 2.75) is 38.3 Å². The number of nitrogens with two attached hydrogens (primary N) is 1. The second-order valence-electron chi connectivity index (χ2n) is 4.84. The SMILES string of the molecule is CC1CN(C(=O)C2CCCC2N)CCN1.Cl.Cl. The number of carbonyl (C=O) groups is 1. The van der Waals surface area contributed by atoms with E-state index in [0.29, 0.717) is 6.04 Å². The van der Waals surface area contributed by atoms with Crippen LogP contribution in [-0.2, 0) is 4.79 Å². The van der Waals surface area contributed by atoms with Crippen LogP contribution in [0.15, 0.2) is 0 Å². The van der Waals surface area contributed by atoms with Crippen molar-refractivity contribution in [2.24, 2.45) is 11.7 Å². The smallest absolute Gasteiger partial charge is 0.227 e. The number of carbonyl (C=O) groups excluding carboxylic acids is 1. The van der Waals surface area contributed by atoms with Gasteiger partial charge in [0.1, 0.15) is 0 Å². The van der Waals surface area contributed by atoms with Crippen LogP contribution in [0.25, 0.3) is 0 Å². The molecule has 1 aliphatic carbocycles. The fourth-order valence-electron chi connectivity index (χ4n) is 2.66. The number of halogens is 2. The van der Waals surface area contributed by atoms with E-state index in [1.165, 1.54) is 0 Å². The molecule has 1 amide bonds. The van der Waals surface area contributed by atoms with Crippen molar-refractivity contribution in [3.8, 4) is 0 Å². The molecule has 3 N–H and O–H groups in total. The monoisotopic (exact) mass is 283 g/mol. The van der Waals surface area contributed by atoms with Crippen LogP contribution in [0.5, 0.6) is 0 Å². The molecule has 1 saturated carbocycles. The molecule has 2 rings (SSSR count). The lowest BCUT2D eigenvalue weighted by Crippen LogP contribution is -2.54. The lowest BCUT2D eigenvalue weighted by atomic mass is 10.0. The van der Waals surface area contributed by atoms with Gasteiger partial charge in [0, 0.05) is 31.7 Å². The molecular weight excluding hydrogens is 261 g/mol. The number of nitrogens with one attached hydrogen (secondary N) is 1. The number of hydrogen-bond acceptors (Lipinski definition) is 3. The Hall–Kier alpha value is -0.0300. The van der Waals surface area contributed by atoms with Crippen molar-refractivity contribution in [1.29, 1.82) is 0 Å². The van der Waals surface area contributed by atoms with Gasteiger partial charge in [-0.2, -0.15) is 0 Å². The van der Waals surface area contributed by atoms with E-state index >= 15 is 0 Å². The molecule has 4 nitrogen and oxygen atoms in total. The van der Waals surface area contributed by atoms with Crippen molar-refractivity contribution in [1.82, 2.24) is 10.2 Å². The molecule has 0 spiro atoms. The molecular formula is C11H23Cl2N3O. The maximum absolute atomic E-state index is 12.2. The van der Waals surface area contributed by atoms with E-state index in [-0.39, 0.29) is 42.7 Å². The Morgan fingerprint density at radius 2 is 2.06 bits per heavy atom. The van der Waals surface area contributed by atoms with Crippen LogP contribution < -0.4 is 11.1 Å². The van der Waals surface area contributed by atoms with Gasteiger partial charge in [-0.15, -0.1) is 24.8 Å². The summed E-state index contributed by atoms with van der Waals surface area (Å²) in [7, 11) is 0. The fourth-order valence-corrected chi connectivity index (χ4v) is 2.66. The van der Waals surface area contributed by atoms with Crippen molar-refractivity contribution in [2.75, 3.05) is 19.6 Å². The Labute approximate surface area is 115 Å². The van der Waals surface area contributed by atoms with Crippen LogP contribution in [-0.4, -0.2) is 42.5 Å². The molecule has 6 heteroatoms. The Morgan fingerprint density at radius 1 is 1.35 bits per heavy atom. The summed E-state index contributed by atoms with van der Waals surface area (Å²) in [5.74, 6) is 0.378. The van der Waals surface area contributed by atoms with Gasteiger partial charge < -0.3 is 16.0 Å². The van der Waals surface area contributed by atoms with E-state index in [1.54, 1.807) is 0 Å². The van der Waals surface area contributed by atoms with E-state index in [2.05, 4.69) is 12.2 Å². The summed E-state index contributed by atoms with van der Waals surface area (Å²) < 4.78 is 0. The molecule has 0 aromatic heterocycles. The fraction of sp³-hybridized carbons (Fsp3) is 0.909. The molecule has 17 heavy (non-hydrogen) atoms. The van der Waals surface area contributed by atoms with E-state index in [4.69, 9.17) is 5.73 Å². The quantitative estimate of drug-likeness (QED) is 0.748. The molecule has 1 heterocycles. The highest BCUT2D eigenvalue weighted by Gasteiger charge is 2.34. The average Bonchev–Trinajstić information content (AvgIpc) is 2.63. The Balaban J connectivity index is 0.00000128. The molecule has 2 aliphatic rings. The summed E-state index contributed by atoms with van der Waals surface area (Å²) in [4.78, 5) is 14.2. The summed E-state index contributed by atoms with van der Waals surface area (Å²) in [5, 5.41) is 3.34. The maximum Gasteiger partial charge on any atom is 0.227 e. The van der Waals surface area contributed by atoms with Crippen LogP contribution in [0.1, 0.15) is 26.2 Å². The second kappa shape index (κ2) is 7.41. The average molecular weight is 284 g/mol. The zero-order valence-corrected chi connectivity index (χ0v) is 11.9. The van der Waals surface area contributed by atoms with Crippen molar-refractivity contribution in [3.05, 3.63) is 0 Å². The molecule has 2 fully saturated rings. The minimum Gasteiger partial charge on any atom is -0.340 e. The van der Waals surface area contributed by atoms with Gasteiger partial charge >= 0.3 is 0 Å². The first-order valence-electron chi connectivity index (χ1n) is 5.96. The highest BCUT2D eigenvalue weighted by molar-refractivity contribution is 5.85. The van der Waals surface area contributed by atoms with Gasteiger partial charge in [0.15, 0.2) is 0 Å². The Morgan fingerprint density at radius 3 is 2.59 bits per heavy atom. The summed E-state index contributed by atoms with van der Waals surface area (Å²) in [5.41, 5.74) is 5.96. The summed E-state index contributed by atoms with van der Waals surface area (Å²) in [6.45, 7) is 4.71. The molecule has 3 unspecified atom stereocenters. The Bertz CT molecular complexity index is 253. The normalized spacial score (nSPS) is 32.6. The third kappa shape index (κ3) is 3.98. The zero-order valence-electron chi connectivity index (χ0n) is 10.2. The predicted molar refractivity (Wildman–Crippen MR) is 73.9 cm³/mol. The van der Waals surface area contributed by atoms with Crippen LogP contribution in [0, 0.1) is 5.92 Å². The van der Waals surface area contributed by atoms with Crippen LogP contribution in [0.2, 0.25) is 0 Å². The largest absolute Gasteiger partial charge is 0.340 e. The van der Waals surface area contributed by atoms with Crippen LogP contribution in [0.4, 0.5) is 0 Å². The molecule has 1 saturated heterocycles. The highest BCUT2D eigenvalue weighted by atomic mass is 35.5. The topological polar surface area (TPSA) is 58.4 Å². The van der Waals surface area contributed by atoms with Crippen molar-refractivity contribution >= 4 is 30.7 Å². The van der Waals surface area contributed by atoms with Crippen LogP contribution >= 0.6 is 24.8 Å². The van der Waals surface area contributed by atoms with Crippen molar-refractivity contribution < 1.29 is 4.79 Å². The van der Waals surface area contributed by atoms with Gasteiger partial charge in [-0.1, -0.05) is 6.42 Å². The number of rotatable bonds is 1. The summed E-state index contributed by atoms with van der Waals surface area (Å²) in [6, 6.07) is 0.517. The van der Waals surface area contributed by atoms with E-state index in [1.807, 2.05) is 4.90 Å². The zero-order chi connectivity index (χ0) is 10.8. The summed E-state index contributed by atoms with van der Waals surface area (Å²) >= 11 is 0. The molecule has 102 valence electrons. The van der Waals surface area contributed by atoms with Gasteiger partial charge in [0.05, 0.1) is 5.92 Å².